The number of amides is 1. The number of hydrogen-bond donors (Lipinski definition) is 1. The van der Waals surface area contributed by atoms with Crippen LogP contribution in [0.25, 0.3) is 0 Å². The van der Waals surface area contributed by atoms with E-state index in [0.29, 0.717) is 18.0 Å². The second-order valence-electron chi connectivity index (χ2n) is 4.29. The average molecular weight is 259 g/mol. The molecule has 0 aromatic heterocycles. The van der Waals surface area contributed by atoms with Crippen molar-refractivity contribution in [3.8, 4) is 23.3 Å². The first kappa shape index (κ1) is 13.3. The van der Waals surface area contributed by atoms with Gasteiger partial charge in [-0.2, -0.15) is 0 Å². The maximum atomic E-state index is 11.3. The van der Waals surface area contributed by atoms with E-state index in [1.165, 1.54) is 0 Å². The quantitative estimate of drug-likeness (QED) is 0.817. The molecule has 0 bridgehead atoms. The van der Waals surface area contributed by atoms with Crippen molar-refractivity contribution in [1.29, 1.82) is 0 Å². The lowest BCUT2D eigenvalue weighted by Crippen LogP contribution is -2.24. The topological polar surface area (TPSA) is 47.6 Å². The molecule has 1 saturated carbocycles. The summed E-state index contributed by atoms with van der Waals surface area (Å²) in [5.41, 5.74) is 0. The van der Waals surface area contributed by atoms with E-state index >= 15 is 0 Å². The van der Waals surface area contributed by atoms with Crippen LogP contribution < -0.4 is 14.8 Å². The van der Waals surface area contributed by atoms with Gasteiger partial charge < -0.3 is 14.8 Å². The molecular formula is C15H17NO3. The van der Waals surface area contributed by atoms with Crippen LogP contribution in [0.3, 0.4) is 0 Å². The lowest BCUT2D eigenvalue weighted by Gasteiger charge is -2.07. The van der Waals surface area contributed by atoms with Crippen molar-refractivity contribution >= 4 is 5.91 Å². The molecule has 0 heterocycles. The van der Waals surface area contributed by atoms with Gasteiger partial charge in [-0.05, 0) is 25.0 Å². The van der Waals surface area contributed by atoms with Crippen LogP contribution in [0.1, 0.15) is 12.8 Å². The SMILES string of the molecule is COc1ccccc1OCC#CCNC(=O)C1CC1. The molecule has 1 aliphatic carbocycles. The fourth-order valence-corrected chi connectivity index (χ4v) is 1.59. The molecule has 1 fully saturated rings. The molecule has 4 nitrogen and oxygen atoms in total. The van der Waals surface area contributed by atoms with Crippen LogP contribution >= 0.6 is 0 Å². The molecule has 100 valence electrons. The Kier molecular flexibility index (Phi) is 4.68. The Labute approximate surface area is 113 Å². The first-order valence-electron chi connectivity index (χ1n) is 6.30. The maximum Gasteiger partial charge on any atom is 0.223 e. The summed E-state index contributed by atoms with van der Waals surface area (Å²) in [6.07, 6.45) is 2.02. The Morgan fingerprint density at radius 1 is 1.32 bits per heavy atom. The lowest BCUT2D eigenvalue weighted by molar-refractivity contribution is -0.122. The van der Waals surface area contributed by atoms with E-state index in [2.05, 4.69) is 17.2 Å². The van der Waals surface area contributed by atoms with E-state index < -0.39 is 0 Å². The number of benzene rings is 1. The standard InChI is InChI=1S/C15H17NO3/c1-18-13-6-2-3-7-14(13)19-11-5-4-10-16-15(17)12-8-9-12/h2-3,6-7,12H,8-11H2,1H3,(H,16,17). The minimum Gasteiger partial charge on any atom is -0.493 e. The van der Waals surface area contributed by atoms with Crippen LogP contribution in [-0.2, 0) is 4.79 Å². The third kappa shape index (κ3) is 4.22. The molecule has 19 heavy (non-hydrogen) atoms. The molecule has 2 rings (SSSR count). The normalized spacial score (nSPS) is 13.1. The second kappa shape index (κ2) is 6.69. The molecule has 0 spiro atoms. The summed E-state index contributed by atoms with van der Waals surface area (Å²) < 4.78 is 10.6. The van der Waals surface area contributed by atoms with Crippen molar-refractivity contribution in [2.45, 2.75) is 12.8 Å². The van der Waals surface area contributed by atoms with Gasteiger partial charge >= 0.3 is 0 Å². The molecule has 0 aliphatic heterocycles. The summed E-state index contributed by atoms with van der Waals surface area (Å²) in [7, 11) is 1.60. The van der Waals surface area contributed by atoms with Crippen molar-refractivity contribution in [3.05, 3.63) is 24.3 Å². The van der Waals surface area contributed by atoms with Gasteiger partial charge in [-0.15, -0.1) is 0 Å². The second-order valence-corrected chi connectivity index (χ2v) is 4.29. The molecule has 0 atom stereocenters. The summed E-state index contributed by atoms with van der Waals surface area (Å²) in [6, 6.07) is 7.42. The molecular weight excluding hydrogens is 242 g/mol. The fraction of sp³-hybridized carbons (Fsp3) is 0.400. The van der Waals surface area contributed by atoms with E-state index in [4.69, 9.17) is 9.47 Å². The zero-order chi connectivity index (χ0) is 13.5. The summed E-state index contributed by atoms with van der Waals surface area (Å²) in [5.74, 6) is 7.41. The van der Waals surface area contributed by atoms with E-state index in [0.717, 1.165) is 12.8 Å². The molecule has 4 heteroatoms. The molecule has 0 saturated heterocycles. The summed E-state index contributed by atoms with van der Waals surface area (Å²) >= 11 is 0. The van der Waals surface area contributed by atoms with Gasteiger partial charge in [0.05, 0.1) is 13.7 Å². The highest BCUT2D eigenvalue weighted by Crippen LogP contribution is 2.28. The Morgan fingerprint density at radius 3 is 2.74 bits per heavy atom. The maximum absolute atomic E-state index is 11.3. The summed E-state index contributed by atoms with van der Waals surface area (Å²) in [6.45, 7) is 0.657. The Bertz CT molecular complexity index is 498. The predicted octanol–water partition coefficient (Wildman–Crippen LogP) is 1.60. The van der Waals surface area contributed by atoms with Gasteiger partial charge in [-0.3, -0.25) is 4.79 Å². The molecule has 1 amide bonds. The van der Waals surface area contributed by atoms with E-state index in [1.807, 2.05) is 24.3 Å². The van der Waals surface area contributed by atoms with Gasteiger partial charge in [0.25, 0.3) is 0 Å². The highest BCUT2D eigenvalue weighted by molar-refractivity contribution is 5.81. The zero-order valence-electron chi connectivity index (χ0n) is 10.9. The molecule has 1 aromatic rings. The van der Waals surface area contributed by atoms with Crippen LogP contribution in [0.15, 0.2) is 24.3 Å². The molecule has 0 unspecified atom stereocenters. The highest BCUT2D eigenvalue weighted by Gasteiger charge is 2.28. The number of nitrogens with one attached hydrogen (secondary N) is 1. The number of ether oxygens (including phenoxy) is 2. The van der Waals surface area contributed by atoms with Gasteiger partial charge in [0.2, 0.25) is 5.91 Å². The molecule has 1 N–H and O–H groups in total. The van der Waals surface area contributed by atoms with Crippen LogP contribution in [-0.4, -0.2) is 26.2 Å². The number of methoxy groups -OCH3 is 1. The number of carbonyl (C=O) groups excluding carboxylic acids is 1. The highest BCUT2D eigenvalue weighted by atomic mass is 16.5. The number of rotatable bonds is 5. The Morgan fingerprint density at radius 2 is 2.05 bits per heavy atom. The van der Waals surface area contributed by atoms with Crippen LogP contribution in [0.5, 0.6) is 11.5 Å². The van der Waals surface area contributed by atoms with Gasteiger partial charge in [0, 0.05) is 5.92 Å². The van der Waals surface area contributed by atoms with E-state index in [1.54, 1.807) is 7.11 Å². The molecule has 1 aliphatic rings. The average Bonchev–Trinajstić information content (AvgIpc) is 3.27. The predicted molar refractivity (Wildman–Crippen MR) is 72.0 cm³/mol. The van der Waals surface area contributed by atoms with E-state index in [-0.39, 0.29) is 18.4 Å². The monoisotopic (exact) mass is 259 g/mol. The largest absolute Gasteiger partial charge is 0.493 e. The third-order valence-electron chi connectivity index (χ3n) is 2.79. The van der Waals surface area contributed by atoms with E-state index in [9.17, 15) is 4.79 Å². The third-order valence-corrected chi connectivity index (χ3v) is 2.79. The minimum atomic E-state index is 0.111. The smallest absolute Gasteiger partial charge is 0.223 e. The van der Waals surface area contributed by atoms with Crippen molar-refractivity contribution in [2.75, 3.05) is 20.3 Å². The Hall–Kier alpha value is -2.15. The minimum absolute atomic E-state index is 0.111. The van der Waals surface area contributed by atoms with Crippen molar-refractivity contribution in [2.24, 2.45) is 5.92 Å². The van der Waals surface area contributed by atoms with Gasteiger partial charge in [0.1, 0.15) is 6.61 Å². The van der Waals surface area contributed by atoms with Crippen LogP contribution in [0, 0.1) is 17.8 Å². The van der Waals surface area contributed by atoms with Crippen LogP contribution in [0.2, 0.25) is 0 Å². The summed E-state index contributed by atoms with van der Waals surface area (Å²) in [5, 5.41) is 2.77. The molecule has 0 radical (unpaired) electrons. The number of hydrogen-bond acceptors (Lipinski definition) is 3. The van der Waals surface area contributed by atoms with Crippen molar-refractivity contribution < 1.29 is 14.3 Å². The fourth-order valence-electron chi connectivity index (χ4n) is 1.59. The van der Waals surface area contributed by atoms with Crippen molar-refractivity contribution in [3.63, 3.8) is 0 Å². The Balaban J connectivity index is 1.69. The van der Waals surface area contributed by atoms with Crippen molar-refractivity contribution in [1.82, 2.24) is 5.32 Å². The number of para-hydroxylation sites is 2. The van der Waals surface area contributed by atoms with Crippen LogP contribution in [0.4, 0.5) is 0 Å². The summed E-state index contributed by atoms with van der Waals surface area (Å²) in [4.78, 5) is 11.3. The lowest BCUT2D eigenvalue weighted by atomic mass is 10.3. The van der Waals surface area contributed by atoms with Gasteiger partial charge in [0.15, 0.2) is 11.5 Å². The first-order chi connectivity index (χ1) is 9.31. The van der Waals surface area contributed by atoms with Gasteiger partial charge in [-0.25, -0.2) is 0 Å². The molecule has 1 aromatic carbocycles. The number of carbonyl (C=O) groups is 1. The zero-order valence-corrected chi connectivity index (χ0v) is 10.9. The first-order valence-corrected chi connectivity index (χ1v) is 6.30. The van der Waals surface area contributed by atoms with Gasteiger partial charge in [-0.1, -0.05) is 24.0 Å².